The van der Waals surface area contributed by atoms with E-state index in [2.05, 4.69) is 27.8 Å². The molecule has 31 heavy (non-hydrogen) atoms. The minimum atomic E-state index is -0.222. The summed E-state index contributed by atoms with van der Waals surface area (Å²) < 4.78 is 6.55. The van der Waals surface area contributed by atoms with Gasteiger partial charge < -0.3 is 15.4 Å². The van der Waals surface area contributed by atoms with Gasteiger partial charge in [-0.1, -0.05) is 49.7 Å². The monoisotopic (exact) mass is 437 g/mol. The number of fused-ring (bicyclic) bond motifs is 1. The summed E-state index contributed by atoms with van der Waals surface area (Å²) in [5.74, 6) is 1.06. The van der Waals surface area contributed by atoms with Crippen molar-refractivity contribution in [3.8, 4) is 5.75 Å². The average molecular weight is 438 g/mol. The quantitative estimate of drug-likeness (QED) is 0.496. The van der Waals surface area contributed by atoms with Crippen LogP contribution in [-0.4, -0.2) is 23.4 Å². The Balaban J connectivity index is 1.31. The normalized spacial score (nSPS) is 14.4. The Morgan fingerprint density at radius 2 is 1.81 bits per heavy atom. The molecule has 1 saturated carbocycles. The largest absolute Gasteiger partial charge is 0.484 e. The maximum atomic E-state index is 12.3. The van der Waals surface area contributed by atoms with Crippen molar-refractivity contribution in [3.05, 3.63) is 48.0 Å². The zero-order valence-corrected chi connectivity index (χ0v) is 18.5. The minimum absolute atomic E-state index is 0.0543. The highest BCUT2D eigenvalue weighted by atomic mass is 32.1. The molecule has 0 unspecified atom stereocenters. The first-order valence-electron chi connectivity index (χ1n) is 10.8. The van der Waals surface area contributed by atoms with Crippen LogP contribution >= 0.6 is 11.3 Å². The Labute approximate surface area is 186 Å². The van der Waals surface area contributed by atoms with Crippen molar-refractivity contribution >= 4 is 44.2 Å². The Hall–Kier alpha value is -2.93. The number of carbonyl (C=O) groups excluding carboxylic acids is 2. The van der Waals surface area contributed by atoms with Gasteiger partial charge in [0.25, 0.3) is 5.91 Å². The van der Waals surface area contributed by atoms with Crippen molar-refractivity contribution in [2.75, 3.05) is 17.2 Å². The number of carbonyl (C=O) groups is 2. The first-order chi connectivity index (χ1) is 15.1. The Bertz CT molecular complexity index is 1060. The Morgan fingerprint density at radius 1 is 1.03 bits per heavy atom. The first-order valence-corrected chi connectivity index (χ1v) is 11.7. The van der Waals surface area contributed by atoms with E-state index in [0.717, 1.165) is 10.2 Å². The van der Waals surface area contributed by atoms with Gasteiger partial charge in [0.05, 0.1) is 10.2 Å². The lowest BCUT2D eigenvalue weighted by Gasteiger charge is -2.22. The molecule has 2 amide bonds. The molecule has 7 heteroatoms. The van der Waals surface area contributed by atoms with E-state index in [-0.39, 0.29) is 18.4 Å². The third-order valence-corrected chi connectivity index (χ3v) is 6.50. The van der Waals surface area contributed by atoms with Crippen LogP contribution in [0.2, 0.25) is 0 Å². The lowest BCUT2D eigenvalue weighted by molar-refractivity contribution is -0.118. The second-order valence-corrected chi connectivity index (χ2v) is 8.87. The van der Waals surface area contributed by atoms with Gasteiger partial charge >= 0.3 is 0 Å². The zero-order chi connectivity index (χ0) is 21.6. The van der Waals surface area contributed by atoms with E-state index in [1.54, 1.807) is 13.0 Å². The van der Waals surface area contributed by atoms with Crippen LogP contribution in [-0.2, 0) is 9.59 Å². The molecular weight excluding hydrogens is 410 g/mol. The molecular formula is C24H27N3O3S. The molecule has 4 rings (SSSR count). The fourth-order valence-electron chi connectivity index (χ4n) is 3.88. The van der Waals surface area contributed by atoms with Crippen molar-refractivity contribution < 1.29 is 14.3 Å². The van der Waals surface area contributed by atoms with Crippen LogP contribution in [0.15, 0.2) is 42.5 Å². The number of anilines is 2. The molecule has 0 aliphatic heterocycles. The van der Waals surface area contributed by atoms with E-state index < -0.39 is 0 Å². The van der Waals surface area contributed by atoms with Crippen molar-refractivity contribution in [3.63, 3.8) is 0 Å². The molecule has 1 fully saturated rings. The topological polar surface area (TPSA) is 80.3 Å². The Morgan fingerprint density at radius 3 is 2.55 bits per heavy atom. The van der Waals surface area contributed by atoms with E-state index in [4.69, 9.17) is 4.74 Å². The molecule has 1 heterocycles. The SMILES string of the molecule is CCC(=O)Nc1nc2ccc(NC(=O)COc3ccc(C4CCCCC4)cc3)cc2s1. The van der Waals surface area contributed by atoms with Gasteiger partial charge in [0, 0.05) is 12.1 Å². The van der Waals surface area contributed by atoms with Crippen LogP contribution < -0.4 is 15.4 Å². The van der Waals surface area contributed by atoms with Gasteiger partial charge in [-0.25, -0.2) is 4.98 Å². The number of amides is 2. The zero-order valence-electron chi connectivity index (χ0n) is 17.6. The van der Waals surface area contributed by atoms with Gasteiger partial charge in [-0.3, -0.25) is 9.59 Å². The number of benzene rings is 2. The number of nitrogens with one attached hydrogen (secondary N) is 2. The lowest BCUT2D eigenvalue weighted by Crippen LogP contribution is -2.20. The van der Waals surface area contributed by atoms with Gasteiger partial charge in [0.15, 0.2) is 11.7 Å². The maximum absolute atomic E-state index is 12.3. The molecule has 0 radical (unpaired) electrons. The third kappa shape index (κ3) is 5.61. The molecule has 0 bridgehead atoms. The molecule has 0 spiro atoms. The highest BCUT2D eigenvalue weighted by molar-refractivity contribution is 7.22. The summed E-state index contributed by atoms with van der Waals surface area (Å²) in [5, 5.41) is 6.18. The second-order valence-electron chi connectivity index (χ2n) is 7.84. The third-order valence-electron chi connectivity index (χ3n) is 5.57. The number of hydrogen-bond acceptors (Lipinski definition) is 5. The number of nitrogens with zero attached hydrogens (tertiary/aromatic N) is 1. The number of hydrogen-bond donors (Lipinski definition) is 2. The number of ether oxygens (including phenoxy) is 1. The second kappa shape index (κ2) is 9.92. The number of rotatable bonds is 7. The van der Waals surface area contributed by atoms with E-state index in [0.29, 0.717) is 28.9 Å². The maximum Gasteiger partial charge on any atom is 0.262 e. The molecule has 1 aliphatic rings. The molecule has 6 nitrogen and oxygen atoms in total. The van der Waals surface area contributed by atoms with Crippen LogP contribution in [0.1, 0.15) is 56.9 Å². The molecule has 0 saturated heterocycles. The molecule has 1 aromatic heterocycles. The van der Waals surface area contributed by atoms with Gasteiger partial charge in [-0.15, -0.1) is 0 Å². The number of aromatic nitrogens is 1. The smallest absolute Gasteiger partial charge is 0.262 e. The molecule has 3 aromatic rings. The van der Waals surface area contributed by atoms with Crippen LogP contribution in [0, 0.1) is 0 Å². The first kappa shape index (κ1) is 21.3. The summed E-state index contributed by atoms with van der Waals surface area (Å²) in [6, 6.07) is 13.6. The predicted molar refractivity (Wildman–Crippen MR) is 125 cm³/mol. The Kier molecular flexibility index (Phi) is 6.82. The van der Waals surface area contributed by atoms with Gasteiger partial charge in [-0.2, -0.15) is 0 Å². The highest BCUT2D eigenvalue weighted by Gasteiger charge is 2.15. The highest BCUT2D eigenvalue weighted by Crippen LogP contribution is 2.33. The molecule has 2 aromatic carbocycles. The summed E-state index contributed by atoms with van der Waals surface area (Å²) in [6.45, 7) is 1.74. The fraction of sp³-hybridized carbons (Fsp3) is 0.375. The number of thiazole rings is 1. The van der Waals surface area contributed by atoms with Crippen molar-refractivity contribution in [1.29, 1.82) is 0 Å². The van der Waals surface area contributed by atoms with E-state index >= 15 is 0 Å². The molecule has 2 N–H and O–H groups in total. The lowest BCUT2D eigenvalue weighted by atomic mass is 9.84. The summed E-state index contributed by atoms with van der Waals surface area (Å²) in [4.78, 5) is 28.3. The van der Waals surface area contributed by atoms with E-state index in [1.807, 2.05) is 24.3 Å². The fourth-order valence-corrected chi connectivity index (χ4v) is 4.80. The van der Waals surface area contributed by atoms with Crippen LogP contribution in [0.5, 0.6) is 5.75 Å². The summed E-state index contributed by atoms with van der Waals surface area (Å²) >= 11 is 1.38. The molecule has 162 valence electrons. The van der Waals surface area contributed by atoms with Gasteiger partial charge in [0.1, 0.15) is 5.75 Å². The van der Waals surface area contributed by atoms with Crippen LogP contribution in [0.25, 0.3) is 10.2 Å². The van der Waals surface area contributed by atoms with Crippen molar-refractivity contribution in [1.82, 2.24) is 4.98 Å². The average Bonchev–Trinajstić information content (AvgIpc) is 3.20. The predicted octanol–water partition coefficient (Wildman–Crippen LogP) is 5.71. The van der Waals surface area contributed by atoms with Gasteiger partial charge in [-0.05, 0) is 54.7 Å². The minimum Gasteiger partial charge on any atom is -0.484 e. The molecule has 0 atom stereocenters. The standard InChI is InChI=1S/C24H27N3O3S/c1-2-22(28)27-24-26-20-13-10-18(14-21(20)31-24)25-23(29)15-30-19-11-8-17(9-12-19)16-6-4-3-5-7-16/h8-14,16H,2-7,15H2,1H3,(H,25,29)(H,26,27,28). The van der Waals surface area contributed by atoms with Crippen LogP contribution in [0.3, 0.4) is 0 Å². The van der Waals surface area contributed by atoms with E-state index in [1.165, 1.54) is 49.0 Å². The van der Waals surface area contributed by atoms with Crippen LogP contribution in [0.4, 0.5) is 10.8 Å². The van der Waals surface area contributed by atoms with Gasteiger partial charge in [0.2, 0.25) is 5.91 Å². The van der Waals surface area contributed by atoms with Crippen molar-refractivity contribution in [2.24, 2.45) is 0 Å². The summed E-state index contributed by atoms with van der Waals surface area (Å²) in [7, 11) is 0. The molecule has 1 aliphatic carbocycles. The summed E-state index contributed by atoms with van der Waals surface area (Å²) in [6.07, 6.45) is 6.90. The summed E-state index contributed by atoms with van der Waals surface area (Å²) in [5.41, 5.74) is 2.82. The van der Waals surface area contributed by atoms with Crippen molar-refractivity contribution in [2.45, 2.75) is 51.4 Å². The van der Waals surface area contributed by atoms with E-state index in [9.17, 15) is 9.59 Å².